The van der Waals surface area contributed by atoms with Crippen molar-refractivity contribution in [1.82, 2.24) is 0 Å². The summed E-state index contributed by atoms with van der Waals surface area (Å²) in [7, 11) is 0. The Morgan fingerprint density at radius 1 is 1.78 bits per heavy atom. The Kier molecular flexibility index (Phi) is 3.47. The van der Waals surface area contributed by atoms with Gasteiger partial charge in [0.1, 0.15) is 5.67 Å². The van der Waals surface area contributed by atoms with Crippen molar-refractivity contribution in [3.63, 3.8) is 0 Å². The van der Waals surface area contributed by atoms with Crippen molar-refractivity contribution < 1.29 is 4.39 Å². The minimum atomic E-state index is -1.32. The number of nitrogens with two attached hydrogens (primary N) is 1. The van der Waals surface area contributed by atoms with Crippen LogP contribution in [0.4, 0.5) is 4.39 Å². The molecule has 1 nitrogen and oxygen atoms in total. The Hall–Kier alpha value is -0.370. The molecule has 0 bridgehead atoms. The lowest BCUT2D eigenvalue weighted by Gasteiger charge is -2.16. The molecule has 1 atom stereocenters. The van der Waals surface area contributed by atoms with Crippen molar-refractivity contribution in [2.75, 3.05) is 6.54 Å². The van der Waals surface area contributed by atoms with E-state index in [-0.39, 0.29) is 6.54 Å². The van der Waals surface area contributed by atoms with Crippen molar-refractivity contribution in [2.24, 2.45) is 5.73 Å². The highest BCUT2D eigenvalue weighted by Gasteiger charge is 2.21. The largest absolute Gasteiger partial charge is 0.327 e. The highest BCUT2D eigenvalue weighted by molar-refractivity contribution is 4.96. The van der Waals surface area contributed by atoms with E-state index in [9.17, 15) is 4.39 Å². The molecule has 2 N–H and O–H groups in total. The summed E-state index contributed by atoms with van der Waals surface area (Å²) in [5, 5.41) is 0. The number of hydrogen-bond acceptors (Lipinski definition) is 1. The van der Waals surface area contributed by atoms with E-state index in [2.05, 4.69) is 6.58 Å². The average Bonchev–Trinajstić information content (AvgIpc) is 1.89. The molecule has 0 saturated heterocycles. The first-order chi connectivity index (χ1) is 4.18. The summed E-state index contributed by atoms with van der Waals surface area (Å²) in [5.41, 5.74) is 3.83. The lowest BCUT2D eigenvalue weighted by atomic mass is 10.0. The molecule has 1 unspecified atom stereocenters. The fourth-order valence-corrected chi connectivity index (χ4v) is 0.703. The Balaban J connectivity index is 3.76. The van der Waals surface area contributed by atoms with Gasteiger partial charge in [-0.15, -0.1) is 0 Å². The van der Waals surface area contributed by atoms with Crippen LogP contribution in [0.25, 0.3) is 0 Å². The van der Waals surface area contributed by atoms with Crippen molar-refractivity contribution in [1.29, 1.82) is 0 Å². The van der Waals surface area contributed by atoms with Crippen LogP contribution in [0.3, 0.4) is 0 Å². The monoisotopic (exact) mass is 131 g/mol. The molecular weight excluding hydrogens is 117 g/mol. The molecular formula is C7H14FN. The van der Waals surface area contributed by atoms with Crippen LogP contribution in [0, 0.1) is 0 Å². The molecule has 0 heterocycles. The van der Waals surface area contributed by atoms with Crippen LogP contribution >= 0.6 is 0 Å². The predicted molar refractivity (Wildman–Crippen MR) is 38.0 cm³/mol. The standard InChI is InChI=1S/C7H14FN/c1-3-5-7(8,4-2)6-9/h4H,2-3,5-6,9H2,1H3. The van der Waals surface area contributed by atoms with Gasteiger partial charge in [0.2, 0.25) is 0 Å². The number of hydrogen-bond donors (Lipinski definition) is 1. The summed E-state index contributed by atoms with van der Waals surface area (Å²) < 4.78 is 13.0. The average molecular weight is 131 g/mol. The van der Waals surface area contributed by atoms with Crippen LogP contribution in [-0.4, -0.2) is 12.2 Å². The van der Waals surface area contributed by atoms with Gasteiger partial charge >= 0.3 is 0 Å². The Bertz CT molecular complexity index is 92.9. The maximum Gasteiger partial charge on any atom is 0.141 e. The summed E-state index contributed by atoms with van der Waals surface area (Å²) in [4.78, 5) is 0. The molecule has 9 heavy (non-hydrogen) atoms. The van der Waals surface area contributed by atoms with Gasteiger partial charge in [0.25, 0.3) is 0 Å². The van der Waals surface area contributed by atoms with Crippen LogP contribution in [0.2, 0.25) is 0 Å². The lowest BCUT2D eigenvalue weighted by Crippen LogP contribution is -2.29. The van der Waals surface area contributed by atoms with Crippen molar-refractivity contribution in [3.05, 3.63) is 12.7 Å². The van der Waals surface area contributed by atoms with E-state index in [1.807, 2.05) is 6.92 Å². The van der Waals surface area contributed by atoms with E-state index >= 15 is 0 Å². The first-order valence-corrected chi connectivity index (χ1v) is 3.21. The normalized spacial score (nSPS) is 16.8. The van der Waals surface area contributed by atoms with E-state index < -0.39 is 5.67 Å². The quantitative estimate of drug-likeness (QED) is 0.577. The zero-order valence-corrected chi connectivity index (χ0v) is 5.86. The van der Waals surface area contributed by atoms with Gasteiger partial charge in [0.15, 0.2) is 0 Å². The third kappa shape index (κ3) is 2.61. The Labute approximate surface area is 55.7 Å². The molecule has 0 aliphatic heterocycles. The number of halogens is 1. The van der Waals surface area contributed by atoms with Gasteiger partial charge in [-0.25, -0.2) is 4.39 Å². The Morgan fingerprint density at radius 2 is 2.33 bits per heavy atom. The van der Waals surface area contributed by atoms with Gasteiger partial charge in [-0.3, -0.25) is 0 Å². The van der Waals surface area contributed by atoms with Gasteiger partial charge in [-0.1, -0.05) is 26.0 Å². The molecule has 0 aromatic carbocycles. The Morgan fingerprint density at radius 3 is 2.44 bits per heavy atom. The molecule has 0 aromatic heterocycles. The van der Waals surface area contributed by atoms with Crippen molar-refractivity contribution >= 4 is 0 Å². The van der Waals surface area contributed by atoms with Crippen LogP contribution in [0.1, 0.15) is 19.8 Å². The second kappa shape index (κ2) is 3.62. The summed E-state index contributed by atoms with van der Waals surface area (Å²) in [6.07, 6.45) is 2.57. The molecule has 0 aliphatic rings. The van der Waals surface area contributed by atoms with Crippen molar-refractivity contribution in [2.45, 2.75) is 25.4 Å². The molecule has 0 saturated carbocycles. The second-order valence-electron chi connectivity index (χ2n) is 2.19. The molecule has 0 aliphatic carbocycles. The first kappa shape index (κ1) is 8.63. The van der Waals surface area contributed by atoms with Crippen LogP contribution in [0.15, 0.2) is 12.7 Å². The fraction of sp³-hybridized carbons (Fsp3) is 0.714. The van der Waals surface area contributed by atoms with E-state index in [4.69, 9.17) is 5.73 Å². The minimum Gasteiger partial charge on any atom is -0.327 e. The zero-order valence-electron chi connectivity index (χ0n) is 5.86. The third-order valence-corrected chi connectivity index (χ3v) is 1.37. The summed E-state index contributed by atoms with van der Waals surface area (Å²) >= 11 is 0. The second-order valence-corrected chi connectivity index (χ2v) is 2.19. The van der Waals surface area contributed by atoms with E-state index in [1.165, 1.54) is 6.08 Å². The molecule has 0 spiro atoms. The fourth-order valence-electron chi connectivity index (χ4n) is 0.703. The maximum absolute atomic E-state index is 13.0. The predicted octanol–water partition coefficient (Wildman–Crippen LogP) is 1.64. The van der Waals surface area contributed by atoms with Gasteiger partial charge < -0.3 is 5.73 Å². The highest BCUT2D eigenvalue weighted by atomic mass is 19.1. The topological polar surface area (TPSA) is 26.0 Å². The number of alkyl halides is 1. The summed E-state index contributed by atoms with van der Waals surface area (Å²) in [5.74, 6) is 0. The molecule has 2 heteroatoms. The SMILES string of the molecule is C=CC(F)(CN)CCC. The number of rotatable bonds is 4. The van der Waals surface area contributed by atoms with Crippen LogP contribution < -0.4 is 5.73 Å². The summed E-state index contributed by atoms with van der Waals surface area (Å²) in [6, 6.07) is 0. The molecule has 0 radical (unpaired) electrons. The molecule has 0 rings (SSSR count). The van der Waals surface area contributed by atoms with E-state index in [1.54, 1.807) is 0 Å². The molecule has 0 amide bonds. The molecule has 0 aromatic rings. The zero-order chi connectivity index (χ0) is 7.33. The first-order valence-electron chi connectivity index (χ1n) is 3.21. The van der Waals surface area contributed by atoms with Gasteiger partial charge in [-0.2, -0.15) is 0 Å². The van der Waals surface area contributed by atoms with Crippen molar-refractivity contribution in [3.8, 4) is 0 Å². The van der Waals surface area contributed by atoms with Gasteiger partial charge in [-0.05, 0) is 6.42 Å². The maximum atomic E-state index is 13.0. The smallest absolute Gasteiger partial charge is 0.141 e. The lowest BCUT2D eigenvalue weighted by molar-refractivity contribution is 0.222. The summed E-state index contributed by atoms with van der Waals surface area (Å²) in [6.45, 7) is 5.34. The van der Waals surface area contributed by atoms with Gasteiger partial charge in [0.05, 0.1) is 0 Å². The third-order valence-electron chi connectivity index (χ3n) is 1.37. The highest BCUT2D eigenvalue weighted by Crippen LogP contribution is 2.17. The van der Waals surface area contributed by atoms with E-state index in [0.29, 0.717) is 6.42 Å². The molecule has 54 valence electrons. The molecule has 0 fully saturated rings. The van der Waals surface area contributed by atoms with Crippen LogP contribution in [0.5, 0.6) is 0 Å². The van der Waals surface area contributed by atoms with Crippen LogP contribution in [-0.2, 0) is 0 Å². The van der Waals surface area contributed by atoms with E-state index in [0.717, 1.165) is 6.42 Å². The van der Waals surface area contributed by atoms with Gasteiger partial charge in [0, 0.05) is 6.54 Å². The minimum absolute atomic E-state index is 0.0460.